The van der Waals surface area contributed by atoms with Crippen molar-refractivity contribution in [3.8, 4) is 5.75 Å². The molecule has 1 aliphatic heterocycles. The lowest BCUT2D eigenvalue weighted by molar-refractivity contribution is -0.385. The Morgan fingerprint density at radius 2 is 1.67 bits per heavy atom. The molecule has 27 heavy (non-hydrogen) atoms. The van der Waals surface area contributed by atoms with Crippen LogP contribution in [0, 0.1) is 20.2 Å². The molecule has 9 nitrogen and oxygen atoms in total. The lowest BCUT2D eigenvalue weighted by atomic mass is 10.2. The fraction of sp³-hybridized carbons (Fsp3) is 0.333. The van der Waals surface area contributed by atoms with Crippen LogP contribution in [0.4, 0.5) is 17.1 Å². The molecule has 0 atom stereocenters. The number of rotatable bonds is 7. The van der Waals surface area contributed by atoms with Crippen molar-refractivity contribution in [1.82, 2.24) is 4.90 Å². The van der Waals surface area contributed by atoms with Gasteiger partial charge in [0.1, 0.15) is 6.61 Å². The van der Waals surface area contributed by atoms with E-state index in [9.17, 15) is 20.2 Å². The Balaban J connectivity index is 1.48. The Morgan fingerprint density at radius 3 is 2.37 bits per heavy atom. The van der Waals surface area contributed by atoms with E-state index < -0.39 is 4.92 Å². The minimum atomic E-state index is -0.451. The predicted molar refractivity (Wildman–Crippen MR) is 100 cm³/mol. The summed E-state index contributed by atoms with van der Waals surface area (Å²) >= 11 is 0. The van der Waals surface area contributed by atoms with Crippen LogP contribution in [0.25, 0.3) is 0 Å². The molecule has 1 heterocycles. The zero-order valence-corrected chi connectivity index (χ0v) is 14.7. The molecule has 0 amide bonds. The van der Waals surface area contributed by atoms with Gasteiger partial charge in [-0.3, -0.25) is 25.1 Å². The highest BCUT2D eigenvalue weighted by atomic mass is 16.6. The molecule has 0 aliphatic carbocycles. The molecule has 142 valence electrons. The maximum Gasteiger partial charge on any atom is 0.310 e. The van der Waals surface area contributed by atoms with Gasteiger partial charge in [0.25, 0.3) is 5.69 Å². The van der Waals surface area contributed by atoms with Crippen molar-refractivity contribution in [2.75, 3.05) is 44.2 Å². The summed E-state index contributed by atoms with van der Waals surface area (Å²) in [6, 6.07) is 13.0. The van der Waals surface area contributed by atoms with Crippen LogP contribution in [0.2, 0.25) is 0 Å². The van der Waals surface area contributed by atoms with Crippen LogP contribution in [0.15, 0.2) is 48.5 Å². The van der Waals surface area contributed by atoms with Gasteiger partial charge in [-0.05, 0) is 12.1 Å². The van der Waals surface area contributed by atoms with E-state index in [1.54, 1.807) is 30.3 Å². The zero-order valence-electron chi connectivity index (χ0n) is 14.7. The SMILES string of the molecule is O=[N+]([O-])c1cccc(N2CCN(CCOc3ccccc3[N+](=O)[O-])CC2)c1. The molecule has 0 spiro atoms. The second-order valence-corrected chi connectivity index (χ2v) is 6.18. The Labute approximate surface area is 156 Å². The number of hydrogen-bond acceptors (Lipinski definition) is 7. The lowest BCUT2D eigenvalue weighted by Crippen LogP contribution is -2.47. The van der Waals surface area contributed by atoms with Gasteiger partial charge in [0.15, 0.2) is 5.75 Å². The third kappa shape index (κ3) is 4.70. The van der Waals surface area contributed by atoms with Crippen molar-refractivity contribution in [2.45, 2.75) is 0 Å². The first-order valence-corrected chi connectivity index (χ1v) is 8.62. The molecule has 1 fully saturated rings. The van der Waals surface area contributed by atoms with Crippen molar-refractivity contribution < 1.29 is 14.6 Å². The highest BCUT2D eigenvalue weighted by Gasteiger charge is 2.19. The molecular weight excluding hydrogens is 352 g/mol. The molecule has 2 aromatic rings. The van der Waals surface area contributed by atoms with Crippen LogP contribution < -0.4 is 9.64 Å². The van der Waals surface area contributed by atoms with Crippen molar-refractivity contribution in [1.29, 1.82) is 0 Å². The number of para-hydroxylation sites is 2. The Hall–Kier alpha value is -3.20. The predicted octanol–water partition coefficient (Wildman–Crippen LogP) is 2.70. The van der Waals surface area contributed by atoms with Gasteiger partial charge < -0.3 is 9.64 Å². The standard InChI is InChI=1S/C18H20N4O5/c23-21(24)16-5-3-4-15(14-16)20-10-8-19(9-11-20)12-13-27-18-7-2-1-6-17(18)22(25)26/h1-7,14H,8-13H2. The zero-order chi connectivity index (χ0) is 19.2. The second-order valence-electron chi connectivity index (χ2n) is 6.18. The van der Waals surface area contributed by atoms with Gasteiger partial charge >= 0.3 is 5.69 Å². The Morgan fingerprint density at radius 1 is 0.926 bits per heavy atom. The van der Waals surface area contributed by atoms with E-state index in [4.69, 9.17) is 4.74 Å². The van der Waals surface area contributed by atoms with E-state index in [1.807, 2.05) is 6.07 Å². The molecule has 1 saturated heterocycles. The minimum Gasteiger partial charge on any atom is -0.485 e. The van der Waals surface area contributed by atoms with Gasteiger partial charge in [-0.1, -0.05) is 18.2 Å². The van der Waals surface area contributed by atoms with Crippen LogP contribution in [-0.2, 0) is 0 Å². The molecule has 9 heteroatoms. The topological polar surface area (TPSA) is 102 Å². The lowest BCUT2D eigenvalue weighted by Gasteiger charge is -2.35. The molecule has 0 radical (unpaired) electrons. The van der Waals surface area contributed by atoms with E-state index in [1.165, 1.54) is 12.1 Å². The number of anilines is 1. The van der Waals surface area contributed by atoms with E-state index in [0.717, 1.165) is 31.9 Å². The summed E-state index contributed by atoms with van der Waals surface area (Å²) in [6.45, 7) is 4.13. The van der Waals surface area contributed by atoms with Crippen molar-refractivity contribution >= 4 is 17.1 Å². The monoisotopic (exact) mass is 372 g/mol. The molecule has 0 N–H and O–H groups in total. The van der Waals surface area contributed by atoms with Crippen molar-refractivity contribution in [2.24, 2.45) is 0 Å². The second kappa shape index (κ2) is 8.45. The molecule has 3 rings (SSSR count). The first-order valence-electron chi connectivity index (χ1n) is 8.62. The average molecular weight is 372 g/mol. The van der Waals surface area contributed by atoms with Crippen molar-refractivity contribution in [3.05, 3.63) is 68.8 Å². The molecule has 2 aromatic carbocycles. The number of nitro benzene ring substituents is 2. The average Bonchev–Trinajstić information content (AvgIpc) is 2.69. The highest BCUT2D eigenvalue weighted by molar-refractivity contribution is 5.53. The number of non-ortho nitro benzene ring substituents is 1. The highest BCUT2D eigenvalue weighted by Crippen LogP contribution is 2.26. The van der Waals surface area contributed by atoms with Crippen LogP contribution in [0.3, 0.4) is 0 Å². The van der Waals surface area contributed by atoms with Gasteiger partial charge in [-0.15, -0.1) is 0 Å². The van der Waals surface area contributed by atoms with Crippen LogP contribution >= 0.6 is 0 Å². The molecule has 0 unspecified atom stereocenters. The molecule has 0 bridgehead atoms. The Bertz CT molecular complexity index is 821. The normalized spacial score (nSPS) is 14.7. The van der Waals surface area contributed by atoms with E-state index in [2.05, 4.69) is 9.80 Å². The summed E-state index contributed by atoms with van der Waals surface area (Å²) in [5, 5.41) is 21.9. The Kier molecular flexibility index (Phi) is 5.82. The number of ether oxygens (including phenoxy) is 1. The maximum atomic E-state index is 11.0. The molecular formula is C18H20N4O5. The van der Waals surface area contributed by atoms with Gasteiger partial charge in [0, 0.05) is 56.6 Å². The third-order valence-electron chi connectivity index (χ3n) is 4.51. The van der Waals surface area contributed by atoms with Gasteiger partial charge in [-0.2, -0.15) is 0 Å². The summed E-state index contributed by atoms with van der Waals surface area (Å²) in [5.74, 6) is 0.276. The third-order valence-corrected chi connectivity index (χ3v) is 4.51. The van der Waals surface area contributed by atoms with Crippen molar-refractivity contribution in [3.63, 3.8) is 0 Å². The van der Waals surface area contributed by atoms with Gasteiger partial charge in [-0.25, -0.2) is 0 Å². The van der Waals surface area contributed by atoms with Crippen LogP contribution in [-0.4, -0.2) is 54.1 Å². The van der Waals surface area contributed by atoms with E-state index in [0.29, 0.717) is 13.2 Å². The fourth-order valence-electron chi connectivity index (χ4n) is 3.05. The number of piperazine rings is 1. The number of nitro groups is 2. The summed E-state index contributed by atoms with van der Waals surface area (Å²) < 4.78 is 5.58. The summed E-state index contributed by atoms with van der Waals surface area (Å²) in [7, 11) is 0. The van der Waals surface area contributed by atoms with Gasteiger partial charge in [0.2, 0.25) is 0 Å². The summed E-state index contributed by atoms with van der Waals surface area (Å²) in [6.07, 6.45) is 0. The number of nitrogens with zero attached hydrogens (tertiary/aromatic N) is 4. The molecule has 0 aromatic heterocycles. The van der Waals surface area contributed by atoms with E-state index >= 15 is 0 Å². The first-order chi connectivity index (χ1) is 13.0. The van der Waals surface area contributed by atoms with Crippen LogP contribution in [0.5, 0.6) is 5.75 Å². The number of hydrogen-bond donors (Lipinski definition) is 0. The maximum absolute atomic E-state index is 11.0. The van der Waals surface area contributed by atoms with Crippen LogP contribution in [0.1, 0.15) is 0 Å². The number of benzene rings is 2. The molecule has 0 saturated carbocycles. The first kappa shape index (κ1) is 18.6. The summed E-state index contributed by atoms with van der Waals surface area (Å²) in [5.41, 5.74) is 0.904. The van der Waals surface area contributed by atoms with Gasteiger partial charge in [0.05, 0.1) is 9.85 Å². The fourth-order valence-corrected chi connectivity index (χ4v) is 3.05. The minimum absolute atomic E-state index is 0.0343. The largest absolute Gasteiger partial charge is 0.485 e. The molecule has 1 aliphatic rings. The summed E-state index contributed by atoms with van der Waals surface area (Å²) in [4.78, 5) is 25.4. The quantitative estimate of drug-likeness (QED) is 0.544. The van der Waals surface area contributed by atoms with E-state index in [-0.39, 0.29) is 22.0 Å². The smallest absolute Gasteiger partial charge is 0.310 e.